The molecule has 0 radical (unpaired) electrons. The van der Waals surface area contributed by atoms with Crippen molar-refractivity contribution in [1.29, 1.82) is 5.41 Å². The number of carbonyl (C=O) groups is 2. The molecule has 178 valence electrons. The lowest BCUT2D eigenvalue weighted by molar-refractivity contribution is -0.135. The molecule has 1 heterocycles. The number of nitrogen functional groups attached to an aromatic ring is 1. The standard InChI is InChI=1S/C26H36N4O3/c1-17(24(31)29-8-3-2-4-9-29)30(22-7-5-6-21(13-22)23(27)28)25(32)33-26-14-18-10-19(15-26)12-20(11-18)16-26/h5-7,13,17-20H,2-4,8-12,14-16H2,1H3,(H3,27,28)/t17-,18?,19?,20?,26?/m0/s1. The van der Waals surface area contributed by atoms with Gasteiger partial charge in [0, 0.05) is 24.3 Å². The first kappa shape index (κ1) is 22.2. The van der Waals surface area contributed by atoms with Crippen LogP contribution in [0.5, 0.6) is 0 Å². The van der Waals surface area contributed by atoms with Crippen molar-refractivity contribution in [2.24, 2.45) is 23.5 Å². The molecule has 33 heavy (non-hydrogen) atoms. The van der Waals surface area contributed by atoms with E-state index >= 15 is 0 Å². The molecule has 1 saturated heterocycles. The summed E-state index contributed by atoms with van der Waals surface area (Å²) in [7, 11) is 0. The predicted molar refractivity (Wildman–Crippen MR) is 127 cm³/mol. The van der Waals surface area contributed by atoms with Crippen LogP contribution in [0, 0.1) is 23.2 Å². The molecule has 3 N–H and O–H groups in total. The highest BCUT2D eigenvalue weighted by molar-refractivity contribution is 6.00. The second kappa shape index (κ2) is 8.65. The Morgan fingerprint density at radius 3 is 2.27 bits per heavy atom. The Bertz CT molecular complexity index is 904. The highest BCUT2D eigenvalue weighted by atomic mass is 16.6. The molecule has 0 unspecified atom stereocenters. The number of nitrogens with zero attached hydrogens (tertiary/aromatic N) is 2. The van der Waals surface area contributed by atoms with Gasteiger partial charge in [-0.2, -0.15) is 0 Å². The molecule has 2 amide bonds. The first-order valence-electron chi connectivity index (χ1n) is 12.6. The molecular weight excluding hydrogens is 416 g/mol. The SMILES string of the molecule is C[C@@H](C(=O)N1CCCCC1)N(C(=O)OC12CC3CC(CC(C3)C1)C2)c1cccc(C(=N)N)c1. The van der Waals surface area contributed by atoms with E-state index in [2.05, 4.69) is 0 Å². The summed E-state index contributed by atoms with van der Waals surface area (Å²) in [6.07, 6.45) is 9.32. The molecule has 4 bridgehead atoms. The molecule has 5 aliphatic rings. The third-order valence-corrected chi connectivity index (χ3v) is 8.33. The van der Waals surface area contributed by atoms with Gasteiger partial charge in [0.25, 0.3) is 0 Å². The average Bonchev–Trinajstić information content (AvgIpc) is 2.78. The molecule has 1 aliphatic heterocycles. The third kappa shape index (κ3) is 4.34. The van der Waals surface area contributed by atoms with Crippen LogP contribution in [0.25, 0.3) is 0 Å². The van der Waals surface area contributed by atoms with Crippen LogP contribution in [0.15, 0.2) is 24.3 Å². The van der Waals surface area contributed by atoms with Gasteiger partial charge in [0.15, 0.2) is 0 Å². The van der Waals surface area contributed by atoms with E-state index in [9.17, 15) is 9.59 Å². The summed E-state index contributed by atoms with van der Waals surface area (Å²) in [5, 5.41) is 7.82. The van der Waals surface area contributed by atoms with E-state index in [0.29, 0.717) is 29.0 Å². The Morgan fingerprint density at radius 2 is 1.70 bits per heavy atom. The maximum absolute atomic E-state index is 13.8. The molecule has 7 heteroatoms. The summed E-state index contributed by atoms with van der Waals surface area (Å²) in [5.74, 6) is 1.86. The zero-order valence-corrected chi connectivity index (χ0v) is 19.6. The van der Waals surface area contributed by atoms with Crippen molar-refractivity contribution in [3.05, 3.63) is 29.8 Å². The number of benzene rings is 1. The van der Waals surface area contributed by atoms with Crippen molar-refractivity contribution in [3.63, 3.8) is 0 Å². The maximum Gasteiger partial charge on any atom is 0.415 e. The summed E-state index contributed by atoms with van der Waals surface area (Å²) in [6.45, 7) is 3.25. The first-order valence-corrected chi connectivity index (χ1v) is 12.6. The van der Waals surface area contributed by atoms with Gasteiger partial charge in [-0.05, 0) is 94.6 Å². The number of hydrogen-bond donors (Lipinski definition) is 2. The lowest BCUT2D eigenvalue weighted by Gasteiger charge is -2.56. The van der Waals surface area contributed by atoms with E-state index in [-0.39, 0.29) is 11.7 Å². The molecule has 1 aromatic carbocycles. The van der Waals surface area contributed by atoms with Crippen molar-refractivity contribution in [3.8, 4) is 0 Å². The minimum atomic E-state index is -0.688. The largest absolute Gasteiger partial charge is 0.442 e. The van der Waals surface area contributed by atoms with Crippen LogP contribution < -0.4 is 10.6 Å². The maximum atomic E-state index is 13.8. The molecule has 5 fully saturated rings. The van der Waals surface area contributed by atoms with E-state index in [4.69, 9.17) is 15.9 Å². The summed E-state index contributed by atoms with van der Waals surface area (Å²) >= 11 is 0. The number of likely N-dealkylation sites (tertiary alicyclic amines) is 1. The van der Waals surface area contributed by atoms with Crippen LogP contribution in [-0.2, 0) is 9.53 Å². The normalized spacial score (nSPS) is 31.2. The van der Waals surface area contributed by atoms with Crippen molar-refractivity contribution < 1.29 is 14.3 Å². The van der Waals surface area contributed by atoms with Gasteiger partial charge in [0.05, 0.1) is 0 Å². The van der Waals surface area contributed by atoms with Crippen LogP contribution in [0.2, 0.25) is 0 Å². The van der Waals surface area contributed by atoms with Gasteiger partial charge in [-0.15, -0.1) is 0 Å². The molecule has 1 aromatic rings. The lowest BCUT2D eigenvalue weighted by Crippen LogP contribution is -2.56. The number of ether oxygens (including phenoxy) is 1. The van der Waals surface area contributed by atoms with Crippen LogP contribution in [0.3, 0.4) is 0 Å². The van der Waals surface area contributed by atoms with Gasteiger partial charge in [0.1, 0.15) is 17.5 Å². The molecule has 0 spiro atoms. The van der Waals surface area contributed by atoms with Crippen LogP contribution in [-0.4, -0.2) is 47.5 Å². The zero-order chi connectivity index (χ0) is 23.2. The van der Waals surface area contributed by atoms with E-state index in [1.54, 1.807) is 31.2 Å². The third-order valence-electron chi connectivity index (χ3n) is 8.33. The average molecular weight is 453 g/mol. The molecule has 4 aliphatic carbocycles. The quantitative estimate of drug-likeness (QED) is 0.514. The summed E-state index contributed by atoms with van der Waals surface area (Å²) in [6, 6.07) is 6.34. The number of amidine groups is 1. The van der Waals surface area contributed by atoms with Gasteiger partial charge in [0.2, 0.25) is 5.91 Å². The molecule has 7 nitrogen and oxygen atoms in total. The number of amides is 2. The number of piperidine rings is 1. The molecule has 1 atom stereocenters. The summed E-state index contributed by atoms with van der Waals surface area (Å²) < 4.78 is 6.36. The fourth-order valence-corrected chi connectivity index (χ4v) is 7.19. The van der Waals surface area contributed by atoms with Gasteiger partial charge >= 0.3 is 6.09 Å². The second-order valence-electron chi connectivity index (χ2n) is 10.9. The fraction of sp³-hybridized carbons (Fsp3) is 0.654. The number of anilines is 1. The van der Waals surface area contributed by atoms with Gasteiger partial charge in [-0.1, -0.05) is 12.1 Å². The smallest absolute Gasteiger partial charge is 0.415 e. The van der Waals surface area contributed by atoms with Gasteiger partial charge in [-0.3, -0.25) is 15.1 Å². The highest BCUT2D eigenvalue weighted by Gasteiger charge is 2.54. The second-order valence-corrected chi connectivity index (χ2v) is 10.9. The topological polar surface area (TPSA) is 99.7 Å². The zero-order valence-electron chi connectivity index (χ0n) is 19.6. The predicted octanol–water partition coefficient (Wildman–Crippen LogP) is 4.28. The Labute approximate surface area is 196 Å². The Balaban J connectivity index is 1.43. The van der Waals surface area contributed by atoms with Crippen molar-refractivity contribution in [1.82, 2.24) is 4.90 Å². The number of carbonyl (C=O) groups excluding carboxylic acids is 2. The van der Waals surface area contributed by atoms with Crippen LogP contribution in [0.1, 0.15) is 70.3 Å². The van der Waals surface area contributed by atoms with Gasteiger partial charge < -0.3 is 15.4 Å². The summed E-state index contributed by atoms with van der Waals surface area (Å²) in [5.41, 5.74) is 6.40. The Morgan fingerprint density at radius 1 is 1.09 bits per heavy atom. The summed E-state index contributed by atoms with van der Waals surface area (Å²) in [4.78, 5) is 30.6. The molecule has 0 aromatic heterocycles. The van der Waals surface area contributed by atoms with Crippen molar-refractivity contribution in [2.45, 2.75) is 76.4 Å². The highest BCUT2D eigenvalue weighted by Crippen LogP contribution is 2.57. The molecule has 4 saturated carbocycles. The van der Waals surface area contributed by atoms with Crippen molar-refractivity contribution in [2.75, 3.05) is 18.0 Å². The lowest BCUT2D eigenvalue weighted by atomic mass is 9.54. The minimum absolute atomic E-state index is 0.0506. The minimum Gasteiger partial charge on any atom is -0.442 e. The van der Waals surface area contributed by atoms with Crippen molar-refractivity contribution >= 4 is 23.5 Å². The van der Waals surface area contributed by atoms with E-state index in [0.717, 1.165) is 51.6 Å². The molecule has 6 rings (SSSR count). The number of rotatable bonds is 5. The van der Waals surface area contributed by atoms with E-state index < -0.39 is 17.7 Å². The van der Waals surface area contributed by atoms with Crippen LogP contribution in [0.4, 0.5) is 10.5 Å². The van der Waals surface area contributed by atoms with E-state index in [1.165, 1.54) is 24.2 Å². The van der Waals surface area contributed by atoms with Gasteiger partial charge in [-0.25, -0.2) is 4.79 Å². The monoisotopic (exact) mass is 452 g/mol. The first-order chi connectivity index (χ1) is 15.8. The Hall–Kier alpha value is -2.57. The number of nitrogens with one attached hydrogen (secondary N) is 1. The number of hydrogen-bond acceptors (Lipinski definition) is 4. The Kier molecular flexibility index (Phi) is 5.83. The molecular formula is C26H36N4O3. The van der Waals surface area contributed by atoms with Crippen LogP contribution >= 0.6 is 0 Å². The fourth-order valence-electron chi connectivity index (χ4n) is 7.19. The van der Waals surface area contributed by atoms with E-state index in [1.807, 2.05) is 4.90 Å². The number of nitrogens with two attached hydrogens (primary N) is 1.